The molecule has 0 fully saturated rings. The molecule has 5 heteroatoms. The minimum atomic E-state index is -1.57. The van der Waals surface area contributed by atoms with E-state index in [9.17, 15) is 9.18 Å². The molecule has 0 bridgehead atoms. The van der Waals surface area contributed by atoms with Crippen molar-refractivity contribution in [2.24, 2.45) is 5.73 Å². The number of hydrogen-bond acceptors (Lipinski definition) is 2. The fourth-order valence-corrected chi connectivity index (χ4v) is 1.68. The zero-order valence-electron chi connectivity index (χ0n) is 7.46. The van der Waals surface area contributed by atoms with Crippen LogP contribution in [-0.4, -0.2) is 13.0 Å². The molecule has 1 rings (SSSR count). The number of primary amides is 1. The van der Waals surface area contributed by atoms with Gasteiger partial charge in [-0.1, -0.05) is 12.1 Å². The second-order valence-corrected chi connectivity index (χ2v) is 3.42. The first kappa shape index (κ1) is 11.1. The van der Waals surface area contributed by atoms with Crippen molar-refractivity contribution < 1.29 is 13.9 Å². The van der Waals surface area contributed by atoms with Gasteiger partial charge in [0, 0.05) is 17.1 Å². The summed E-state index contributed by atoms with van der Waals surface area (Å²) in [4.78, 5) is 10.9. The fourth-order valence-electron chi connectivity index (χ4n) is 1.04. The molecule has 0 heterocycles. The Labute approximate surface area is 89.2 Å². The first-order valence-electron chi connectivity index (χ1n) is 3.83. The van der Waals surface area contributed by atoms with E-state index in [2.05, 4.69) is 20.7 Å². The summed E-state index contributed by atoms with van der Waals surface area (Å²) >= 11 is 3.10. The van der Waals surface area contributed by atoms with Gasteiger partial charge in [0.25, 0.3) is 0 Å². The number of rotatable bonds is 3. The molecular weight excluding hydrogens is 253 g/mol. The molecule has 3 nitrogen and oxygen atoms in total. The maximum atomic E-state index is 13.2. The standard InChI is InChI=1S/C9H9BrFNO2/c1-14-8(11)5-3-2-4-6(7(5)10)9(12)13/h2-4,8H,1H3,(H2,12,13). The van der Waals surface area contributed by atoms with Gasteiger partial charge in [-0.2, -0.15) is 0 Å². The van der Waals surface area contributed by atoms with Gasteiger partial charge in [-0.25, -0.2) is 4.39 Å². The minimum Gasteiger partial charge on any atom is -0.366 e. The number of carbonyl (C=O) groups is 1. The van der Waals surface area contributed by atoms with Crippen LogP contribution < -0.4 is 5.73 Å². The van der Waals surface area contributed by atoms with Crippen LogP contribution in [0.1, 0.15) is 22.3 Å². The molecule has 1 aromatic rings. The molecule has 1 unspecified atom stereocenters. The maximum absolute atomic E-state index is 13.2. The van der Waals surface area contributed by atoms with Crippen LogP contribution in [0, 0.1) is 0 Å². The summed E-state index contributed by atoms with van der Waals surface area (Å²) < 4.78 is 18.0. The van der Waals surface area contributed by atoms with Gasteiger partial charge in [-0.15, -0.1) is 0 Å². The van der Waals surface area contributed by atoms with Gasteiger partial charge >= 0.3 is 0 Å². The molecule has 1 aromatic carbocycles. The van der Waals surface area contributed by atoms with Crippen LogP contribution in [0.4, 0.5) is 4.39 Å². The lowest BCUT2D eigenvalue weighted by atomic mass is 10.1. The highest BCUT2D eigenvalue weighted by molar-refractivity contribution is 9.10. The Kier molecular flexibility index (Phi) is 3.60. The summed E-state index contributed by atoms with van der Waals surface area (Å²) in [6, 6.07) is 4.58. The van der Waals surface area contributed by atoms with Gasteiger partial charge in [0.2, 0.25) is 12.3 Å². The van der Waals surface area contributed by atoms with Crippen molar-refractivity contribution in [3.63, 3.8) is 0 Å². The van der Waals surface area contributed by atoms with E-state index in [4.69, 9.17) is 5.73 Å². The highest BCUT2D eigenvalue weighted by Crippen LogP contribution is 2.29. The van der Waals surface area contributed by atoms with Crippen LogP contribution >= 0.6 is 15.9 Å². The number of amides is 1. The van der Waals surface area contributed by atoms with Gasteiger partial charge in [0.05, 0.1) is 5.56 Å². The molecule has 1 amide bonds. The molecule has 2 N–H and O–H groups in total. The predicted molar refractivity (Wildman–Crippen MR) is 53.5 cm³/mol. The van der Waals surface area contributed by atoms with Gasteiger partial charge < -0.3 is 10.5 Å². The Bertz CT molecular complexity index is 357. The van der Waals surface area contributed by atoms with Crippen molar-refractivity contribution in [2.45, 2.75) is 6.36 Å². The van der Waals surface area contributed by atoms with E-state index in [0.717, 1.165) is 0 Å². The van der Waals surface area contributed by atoms with Crippen molar-refractivity contribution in [1.82, 2.24) is 0 Å². The number of ether oxygens (including phenoxy) is 1. The van der Waals surface area contributed by atoms with E-state index in [1.807, 2.05) is 0 Å². The number of methoxy groups -OCH3 is 1. The van der Waals surface area contributed by atoms with Crippen LogP contribution in [0.15, 0.2) is 22.7 Å². The predicted octanol–water partition coefficient (Wildman–Crippen LogP) is 2.16. The molecule has 0 aliphatic carbocycles. The first-order chi connectivity index (χ1) is 6.57. The van der Waals surface area contributed by atoms with Crippen LogP contribution in [0.25, 0.3) is 0 Å². The average molecular weight is 262 g/mol. The normalized spacial score (nSPS) is 12.5. The minimum absolute atomic E-state index is 0.238. The van der Waals surface area contributed by atoms with Gasteiger partial charge in [0.15, 0.2) is 0 Å². The summed E-state index contributed by atoms with van der Waals surface area (Å²) in [6.45, 7) is 0. The fraction of sp³-hybridized carbons (Fsp3) is 0.222. The molecule has 0 radical (unpaired) electrons. The molecular formula is C9H9BrFNO2. The van der Waals surface area contributed by atoms with Gasteiger partial charge in [0.1, 0.15) is 0 Å². The lowest BCUT2D eigenvalue weighted by molar-refractivity contribution is -0.00718. The summed E-state index contributed by atoms with van der Waals surface area (Å²) in [5.74, 6) is -0.609. The SMILES string of the molecule is COC(F)c1cccc(C(N)=O)c1Br. The van der Waals surface area contributed by atoms with Crippen molar-refractivity contribution in [3.05, 3.63) is 33.8 Å². The lowest BCUT2D eigenvalue weighted by Gasteiger charge is -2.10. The van der Waals surface area contributed by atoms with Crippen LogP contribution in [0.5, 0.6) is 0 Å². The quantitative estimate of drug-likeness (QED) is 0.907. The van der Waals surface area contributed by atoms with Crippen molar-refractivity contribution in [2.75, 3.05) is 7.11 Å². The zero-order chi connectivity index (χ0) is 10.7. The van der Waals surface area contributed by atoms with Crippen LogP contribution in [0.2, 0.25) is 0 Å². The number of halogens is 2. The number of hydrogen-bond donors (Lipinski definition) is 1. The van der Waals surface area contributed by atoms with Crippen molar-refractivity contribution >= 4 is 21.8 Å². The van der Waals surface area contributed by atoms with E-state index in [0.29, 0.717) is 4.47 Å². The number of nitrogens with two attached hydrogens (primary N) is 1. The van der Waals surface area contributed by atoms with Crippen molar-refractivity contribution in [1.29, 1.82) is 0 Å². The van der Waals surface area contributed by atoms with Gasteiger partial charge in [-0.3, -0.25) is 4.79 Å². The Balaban J connectivity index is 3.20. The number of alkyl halides is 1. The molecule has 0 saturated carbocycles. The molecule has 0 spiro atoms. The average Bonchev–Trinajstić information content (AvgIpc) is 2.16. The van der Waals surface area contributed by atoms with E-state index in [-0.39, 0.29) is 11.1 Å². The number of carbonyl (C=O) groups excluding carboxylic acids is 1. The third-order valence-electron chi connectivity index (χ3n) is 1.75. The topological polar surface area (TPSA) is 52.3 Å². The largest absolute Gasteiger partial charge is 0.366 e. The van der Waals surface area contributed by atoms with E-state index in [1.165, 1.54) is 19.2 Å². The highest BCUT2D eigenvalue weighted by Gasteiger charge is 2.16. The summed E-state index contributed by atoms with van der Waals surface area (Å²) in [6.07, 6.45) is -1.57. The molecule has 76 valence electrons. The van der Waals surface area contributed by atoms with Gasteiger partial charge in [-0.05, 0) is 22.0 Å². The van der Waals surface area contributed by atoms with Crippen LogP contribution in [-0.2, 0) is 4.74 Å². The first-order valence-corrected chi connectivity index (χ1v) is 4.62. The summed E-state index contributed by atoms with van der Waals surface area (Å²) in [7, 11) is 1.24. The Hall–Kier alpha value is -0.940. The third kappa shape index (κ3) is 2.10. The maximum Gasteiger partial charge on any atom is 0.249 e. The Morgan fingerprint density at radius 1 is 1.64 bits per heavy atom. The molecule has 0 aliphatic heterocycles. The Morgan fingerprint density at radius 2 is 2.29 bits per heavy atom. The molecule has 0 aliphatic rings. The molecule has 1 atom stereocenters. The summed E-state index contributed by atoms with van der Waals surface area (Å²) in [5.41, 5.74) is 5.58. The zero-order valence-corrected chi connectivity index (χ0v) is 9.05. The highest BCUT2D eigenvalue weighted by atomic mass is 79.9. The van der Waals surface area contributed by atoms with E-state index < -0.39 is 12.3 Å². The Morgan fingerprint density at radius 3 is 2.79 bits per heavy atom. The number of benzene rings is 1. The molecule has 0 aromatic heterocycles. The lowest BCUT2D eigenvalue weighted by Crippen LogP contribution is -2.12. The summed E-state index contributed by atoms with van der Waals surface area (Å²) in [5, 5.41) is 0. The van der Waals surface area contributed by atoms with E-state index in [1.54, 1.807) is 6.07 Å². The molecule has 14 heavy (non-hydrogen) atoms. The second-order valence-electron chi connectivity index (χ2n) is 2.62. The third-order valence-corrected chi connectivity index (χ3v) is 2.63. The smallest absolute Gasteiger partial charge is 0.249 e. The van der Waals surface area contributed by atoms with E-state index >= 15 is 0 Å². The second kappa shape index (κ2) is 4.52. The van der Waals surface area contributed by atoms with Crippen molar-refractivity contribution in [3.8, 4) is 0 Å². The monoisotopic (exact) mass is 261 g/mol. The van der Waals surface area contributed by atoms with Crippen LogP contribution in [0.3, 0.4) is 0 Å². The molecule has 0 saturated heterocycles.